The molecule has 0 aliphatic heterocycles. The summed E-state index contributed by atoms with van der Waals surface area (Å²) in [5.41, 5.74) is 5.82. The molecule has 19 heavy (non-hydrogen) atoms. The van der Waals surface area contributed by atoms with Gasteiger partial charge in [0.25, 0.3) is 5.91 Å². The predicted molar refractivity (Wildman–Crippen MR) is 81.9 cm³/mol. The molecule has 1 aromatic heterocycles. The van der Waals surface area contributed by atoms with E-state index in [0.717, 1.165) is 24.5 Å². The number of carbonyl (C=O) groups excluding carboxylic acids is 1. The first-order chi connectivity index (χ1) is 8.95. The summed E-state index contributed by atoms with van der Waals surface area (Å²) in [5, 5.41) is 3.69. The van der Waals surface area contributed by atoms with Gasteiger partial charge in [-0.15, -0.1) is 0 Å². The first-order valence-corrected chi connectivity index (χ1v) is 7.53. The first kappa shape index (κ1) is 15.8. The molecule has 0 aliphatic carbocycles. The number of nitrogens with two attached hydrogens (primary N) is 1. The molecule has 3 N–H and O–H groups in total. The second-order valence-electron chi connectivity index (χ2n) is 5.07. The standard InChI is InChI=1S/C13H24N4OS/c1-5-8-17(4)13-16-11(14)10(19-13)12(18)15-7-6-9(2)3/h9H,5-8,14H2,1-4H3,(H,15,18). The highest BCUT2D eigenvalue weighted by atomic mass is 32.1. The summed E-state index contributed by atoms with van der Waals surface area (Å²) in [4.78, 5) is 18.8. The van der Waals surface area contributed by atoms with Crippen LogP contribution in [0.3, 0.4) is 0 Å². The van der Waals surface area contributed by atoms with Crippen LogP contribution in [0, 0.1) is 5.92 Å². The summed E-state index contributed by atoms with van der Waals surface area (Å²) in [6, 6.07) is 0. The number of anilines is 2. The van der Waals surface area contributed by atoms with Gasteiger partial charge in [0.05, 0.1) is 0 Å². The monoisotopic (exact) mass is 284 g/mol. The van der Waals surface area contributed by atoms with E-state index in [1.807, 2.05) is 11.9 Å². The van der Waals surface area contributed by atoms with E-state index in [4.69, 9.17) is 5.73 Å². The van der Waals surface area contributed by atoms with Crippen molar-refractivity contribution in [2.24, 2.45) is 5.92 Å². The van der Waals surface area contributed by atoms with Crippen LogP contribution < -0.4 is 16.0 Å². The minimum Gasteiger partial charge on any atom is -0.382 e. The maximum atomic E-state index is 12.0. The van der Waals surface area contributed by atoms with Crippen molar-refractivity contribution in [2.75, 3.05) is 30.8 Å². The van der Waals surface area contributed by atoms with Gasteiger partial charge in [-0.05, 0) is 18.8 Å². The highest BCUT2D eigenvalue weighted by Gasteiger charge is 2.17. The molecule has 1 aromatic rings. The number of nitrogens with one attached hydrogen (secondary N) is 1. The molecule has 0 aliphatic rings. The van der Waals surface area contributed by atoms with E-state index >= 15 is 0 Å². The Kier molecular flexibility index (Phi) is 6.08. The van der Waals surface area contributed by atoms with Crippen LogP contribution in [0.2, 0.25) is 0 Å². The fourth-order valence-corrected chi connectivity index (χ4v) is 2.52. The molecule has 0 spiro atoms. The third-order valence-electron chi connectivity index (χ3n) is 2.74. The van der Waals surface area contributed by atoms with Crippen molar-refractivity contribution in [1.29, 1.82) is 0 Å². The molecule has 108 valence electrons. The molecule has 5 nitrogen and oxygen atoms in total. The van der Waals surface area contributed by atoms with Crippen LogP contribution in [-0.2, 0) is 0 Å². The first-order valence-electron chi connectivity index (χ1n) is 6.71. The predicted octanol–water partition coefficient (Wildman–Crippen LogP) is 2.35. The molecule has 0 saturated carbocycles. The van der Waals surface area contributed by atoms with E-state index in [1.54, 1.807) is 0 Å². The summed E-state index contributed by atoms with van der Waals surface area (Å²) in [6.45, 7) is 7.94. The third-order valence-corrected chi connectivity index (χ3v) is 3.93. The molecule has 6 heteroatoms. The number of nitrogens with zero attached hydrogens (tertiary/aromatic N) is 2. The van der Waals surface area contributed by atoms with Crippen molar-refractivity contribution >= 4 is 28.2 Å². The summed E-state index contributed by atoms with van der Waals surface area (Å²) >= 11 is 1.35. The Morgan fingerprint density at radius 3 is 2.79 bits per heavy atom. The van der Waals surface area contributed by atoms with Crippen molar-refractivity contribution in [1.82, 2.24) is 10.3 Å². The Labute approximate surface area is 119 Å². The third kappa shape index (κ3) is 4.70. The molecule has 1 rings (SSSR count). The van der Waals surface area contributed by atoms with E-state index in [-0.39, 0.29) is 5.91 Å². The van der Waals surface area contributed by atoms with Crippen molar-refractivity contribution in [3.63, 3.8) is 0 Å². The average molecular weight is 284 g/mol. The zero-order chi connectivity index (χ0) is 14.4. The van der Waals surface area contributed by atoms with E-state index in [9.17, 15) is 4.79 Å². The lowest BCUT2D eigenvalue weighted by Crippen LogP contribution is -2.25. The Hall–Kier alpha value is -1.30. The van der Waals surface area contributed by atoms with Gasteiger partial charge < -0.3 is 16.0 Å². The van der Waals surface area contributed by atoms with Crippen molar-refractivity contribution < 1.29 is 4.79 Å². The van der Waals surface area contributed by atoms with Gasteiger partial charge in [0.2, 0.25) is 0 Å². The fraction of sp³-hybridized carbons (Fsp3) is 0.692. The van der Waals surface area contributed by atoms with E-state index in [0.29, 0.717) is 23.2 Å². The molecule has 0 atom stereocenters. The minimum atomic E-state index is -0.119. The number of hydrogen-bond acceptors (Lipinski definition) is 5. The van der Waals surface area contributed by atoms with Gasteiger partial charge in [-0.25, -0.2) is 4.98 Å². The lowest BCUT2D eigenvalue weighted by molar-refractivity contribution is 0.0956. The Morgan fingerprint density at radius 2 is 2.21 bits per heavy atom. The molecule has 1 heterocycles. The van der Waals surface area contributed by atoms with Crippen molar-refractivity contribution in [2.45, 2.75) is 33.6 Å². The Balaban J connectivity index is 2.65. The number of aromatic nitrogens is 1. The van der Waals surface area contributed by atoms with Crippen molar-refractivity contribution in [3.05, 3.63) is 4.88 Å². The van der Waals surface area contributed by atoms with E-state index < -0.39 is 0 Å². The number of hydrogen-bond donors (Lipinski definition) is 2. The summed E-state index contributed by atoms with van der Waals surface area (Å²) in [5.74, 6) is 0.780. The lowest BCUT2D eigenvalue weighted by Gasteiger charge is -2.13. The largest absolute Gasteiger partial charge is 0.382 e. The zero-order valence-electron chi connectivity index (χ0n) is 12.2. The average Bonchev–Trinajstić information content (AvgIpc) is 2.71. The molecular formula is C13H24N4OS. The molecular weight excluding hydrogens is 260 g/mol. The SMILES string of the molecule is CCCN(C)c1nc(N)c(C(=O)NCCC(C)C)s1. The second kappa shape index (κ2) is 7.33. The molecule has 0 radical (unpaired) electrons. The molecule has 0 bridgehead atoms. The molecule has 0 unspecified atom stereocenters. The van der Waals surface area contributed by atoms with Gasteiger partial charge in [0.1, 0.15) is 10.7 Å². The molecule has 0 saturated heterocycles. The van der Waals surface area contributed by atoms with Crippen LogP contribution in [-0.4, -0.2) is 31.0 Å². The highest BCUT2D eigenvalue weighted by molar-refractivity contribution is 7.18. The number of nitrogen functional groups attached to an aromatic ring is 1. The highest BCUT2D eigenvalue weighted by Crippen LogP contribution is 2.27. The smallest absolute Gasteiger partial charge is 0.265 e. The second-order valence-corrected chi connectivity index (χ2v) is 6.05. The number of rotatable bonds is 7. The van der Waals surface area contributed by atoms with Crippen LogP contribution in [0.15, 0.2) is 0 Å². The van der Waals surface area contributed by atoms with Gasteiger partial charge >= 0.3 is 0 Å². The fourth-order valence-electron chi connectivity index (χ4n) is 1.63. The van der Waals surface area contributed by atoms with Crippen LogP contribution in [0.4, 0.5) is 10.9 Å². The number of carbonyl (C=O) groups is 1. The minimum absolute atomic E-state index is 0.119. The van der Waals surface area contributed by atoms with Gasteiger partial charge in [0, 0.05) is 20.1 Å². The molecule has 1 amide bonds. The van der Waals surface area contributed by atoms with Crippen molar-refractivity contribution in [3.8, 4) is 0 Å². The summed E-state index contributed by atoms with van der Waals surface area (Å²) in [7, 11) is 1.96. The van der Waals surface area contributed by atoms with Crippen LogP contribution in [0.25, 0.3) is 0 Å². The molecule has 0 fully saturated rings. The van der Waals surface area contributed by atoms with E-state index in [1.165, 1.54) is 11.3 Å². The van der Waals surface area contributed by atoms with Gasteiger partial charge in [-0.2, -0.15) is 0 Å². The Bertz CT molecular complexity index is 417. The number of thiazole rings is 1. The molecule has 0 aromatic carbocycles. The van der Waals surface area contributed by atoms with Gasteiger partial charge in [-0.1, -0.05) is 32.1 Å². The summed E-state index contributed by atoms with van der Waals surface area (Å²) in [6.07, 6.45) is 2.00. The normalized spacial score (nSPS) is 10.8. The quantitative estimate of drug-likeness (QED) is 0.806. The van der Waals surface area contributed by atoms with Crippen LogP contribution >= 0.6 is 11.3 Å². The van der Waals surface area contributed by atoms with E-state index in [2.05, 4.69) is 31.1 Å². The van der Waals surface area contributed by atoms with Gasteiger partial charge in [0.15, 0.2) is 5.13 Å². The summed E-state index contributed by atoms with van der Waals surface area (Å²) < 4.78 is 0. The van der Waals surface area contributed by atoms with Gasteiger partial charge in [-0.3, -0.25) is 4.79 Å². The lowest BCUT2D eigenvalue weighted by atomic mass is 10.1. The maximum absolute atomic E-state index is 12.0. The zero-order valence-corrected chi connectivity index (χ0v) is 13.0. The maximum Gasteiger partial charge on any atom is 0.265 e. The topological polar surface area (TPSA) is 71.2 Å². The van der Waals surface area contributed by atoms with Crippen LogP contribution in [0.5, 0.6) is 0 Å². The van der Waals surface area contributed by atoms with Crippen LogP contribution in [0.1, 0.15) is 43.3 Å². The Morgan fingerprint density at radius 1 is 1.53 bits per heavy atom. The number of amides is 1.